The number of likely N-dealkylation sites (tertiary alicyclic amines) is 1. The highest BCUT2D eigenvalue weighted by Crippen LogP contribution is 2.20. The predicted molar refractivity (Wildman–Crippen MR) is 75.4 cm³/mol. The Labute approximate surface area is 113 Å². The molecular weight excluding hydrogens is 242 g/mol. The molecule has 19 heavy (non-hydrogen) atoms. The lowest BCUT2D eigenvalue weighted by molar-refractivity contribution is 0.166. The molecule has 1 aliphatic rings. The number of benzene rings is 1. The van der Waals surface area contributed by atoms with E-state index in [-0.39, 0.29) is 12.1 Å². The normalized spacial score (nSPS) is 19.1. The number of hydrogen-bond acceptors (Lipinski definition) is 3. The molecule has 104 valence electrons. The summed E-state index contributed by atoms with van der Waals surface area (Å²) in [7, 11) is 1.61. The molecule has 0 aliphatic carbocycles. The molecule has 1 aliphatic heterocycles. The zero-order chi connectivity index (χ0) is 13.7. The van der Waals surface area contributed by atoms with Crippen LogP contribution in [0.25, 0.3) is 0 Å². The number of urea groups is 1. The van der Waals surface area contributed by atoms with Gasteiger partial charge in [-0.15, -0.1) is 0 Å². The van der Waals surface area contributed by atoms with E-state index < -0.39 is 0 Å². The van der Waals surface area contributed by atoms with Crippen LogP contribution in [0.2, 0.25) is 0 Å². The van der Waals surface area contributed by atoms with E-state index >= 15 is 0 Å². The van der Waals surface area contributed by atoms with Gasteiger partial charge in [-0.05, 0) is 31.4 Å². The lowest BCUT2D eigenvalue weighted by Crippen LogP contribution is -2.49. The fourth-order valence-corrected chi connectivity index (χ4v) is 2.41. The molecule has 0 spiro atoms. The maximum Gasteiger partial charge on any atom is 0.322 e. The highest BCUT2D eigenvalue weighted by Gasteiger charge is 2.25. The van der Waals surface area contributed by atoms with Crippen molar-refractivity contribution in [2.45, 2.75) is 25.3 Å². The molecule has 1 fully saturated rings. The van der Waals surface area contributed by atoms with Gasteiger partial charge in [0.1, 0.15) is 5.75 Å². The molecule has 5 nitrogen and oxygen atoms in total. The minimum atomic E-state index is -0.0802. The van der Waals surface area contributed by atoms with Crippen molar-refractivity contribution >= 4 is 11.7 Å². The van der Waals surface area contributed by atoms with Crippen molar-refractivity contribution in [3.8, 4) is 5.75 Å². The first-order valence-electron chi connectivity index (χ1n) is 6.66. The first kappa shape index (κ1) is 13.7. The number of nitrogens with zero attached hydrogens (tertiary/aromatic N) is 1. The molecule has 1 heterocycles. The first-order valence-corrected chi connectivity index (χ1v) is 6.66. The van der Waals surface area contributed by atoms with E-state index in [4.69, 9.17) is 10.5 Å². The SMILES string of the molecule is COc1cccc(NC(=O)N2CCCCC2CN)c1. The summed E-state index contributed by atoms with van der Waals surface area (Å²) >= 11 is 0. The summed E-state index contributed by atoms with van der Waals surface area (Å²) in [4.78, 5) is 14.1. The lowest BCUT2D eigenvalue weighted by atomic mass is 10.0. The van der Waals surface area contributed by atoms with Crippen LogP contribution in [0.15, 0.2) is 24.3 Å². The number of anilines is 1. The number of ether oxygens (including phenoxy) is 1. The molecule has 0 saturated carbocycles. The van der Waals surface area contributed by atoms with Crippen molar-refractivity contribution in [3.63, 3.8) is 0 Å². The van der Waals surface area contributed by atoms with Gasteiger partial charge in [-0.3, -0.25) is 0 Å². The Kier molecular flexibility index (Phi) is 4.63. The summed E-state index contributed by atoms with van der Waals surface area (Å²) in [6, 6.07) is 7.42. The standard InChI is InChI=1S/C14H21N3O2/c1-19-13-7-4-5-11(9-13)16-14(18)17-8-3-2-6-12(17)10-15/h4-5,7,9,12H,2-3,6,8,10,15H2,1H3,(H,16,18). The molecule has 1 aromatic carbocycles. The van der Waals surface area contributed by atoms with Crippen molar-refractivity contribution in [1.29, 1.82) is 0 Å². The van der Waals surface area contributed by atoms with Crippen LogP contribution in [-0.4, -0.2) is 37.2 Å². The minimum Gasteiger partial charge on any atom is -0.497 e. The van der Waals surface area contributed by atoms with Gasteiger partial charge in [0.2, 0.25) is 0 Å². The maximum absolute atomic E-state index is 12.3. The number of nitrogens with two attached hydrogens (primary N) is 1. The summed E-state index contributed by atoms with van der Waals surface area (Å²) in [6.07, 6.45) is 3.18. The molecule has 5 heteroatoms. The third-order valence-electron chi connectivity index (χ3n) is 3.48. The van der Waals surface area contributed by atoms with Gasteiger partial charge in [0, 0.05) is 30.9 Å². The van der Waals surface area contributed by atoms with Gasteiger partial charge >= 0.3 is 6.03 Å². The van der Waals surface area contributed by atoms with Gasteiger partial charge in [0.05, 0.1) is 7.11 Å². The Balaban J connectivity index is 2.02. The predicted octanol–water partition coefficient (Wildman–Crippen LogP) is 2.04. The van der Waals surface area contributed by atoms with Crippen LogP contribution in [0.5, 0.6) is 5.75 Å². The summed E-state index contributed by atoms with van der Waals surface area (Å²) in [5.74, 6) is 0.729. The van der Waals surface area contributed by atoms with E-state index in [0.717, 1.165) is 37.2 Å². The van der Waals surface area contributed by atoms with E-state index in [2.05, 4.69) is 5.32 Å². The lowest BCUT2D eigenvalue weighted by Gasteiger charge is -2.34. The molecule has 2 amide bonds. The average molecular weight is 263 g/mol. The number of carbonyl (C=O) groups is 1. The number of piperidine rings is 1. The summed E-state index contributed by atoms with van der Waals surface area (Å²) in [5.41, 5.74) is 6.47. The zero-order valence-corrected chi connectivity index (χ0v) is 11.3. The van der Waals surface area contributed by atoms with Crippen molar-refractivity contribution in [1.82, 2.24) is 4.90 Å². The van der Waals surface area contributed by atoms with Crippen molar-refractivity contribution in [2.24, 2.45) is 5.73 Å². The average Bonchev–Trinajstić information content (AvgIpc) is 2.47. The van der Waals surface area contributed by atoms with Crippen LogP contribution in [-0.2, 0) is 0 Å². The minimum absolute atomic E-state index is 0.0802. The molecule has 0 radical (unpaired) electrons. The van der Waals surface area contributed by atoms with Crippen molar-refractivity contribution in [3.05, 3.63) is 24.3 Å². The number of hydrogen-bond donors (Lipinski definition) is 2. The van der Waals surface area contributed by atoms with Crippen LogP contribution in [0.4, 0.5) is 10.5 Å². The van der Waals surface area contributed by atoms with E-state index in [0.29, 0.717) is 6.54 Å². The van der Waals surface area contributed by atoms with Gasteiger partial charge in [0.15, 0.2) is 0 Å². The number of amides is 2. The summed E-state index contributed by atoms with van der Waals surface area (Å²) in [6.45, 7) is 1.29. The third kappa shape index (κ3) is 3.38. The van der Waals surface area contributed by atoms with Crippen LogP contribution < -0.4 is 15.8 Å². The first-order chi connectivity index (χ1) is 9.24. The monoisotopic (exact) mass is 263 g/mol. The van der Waals surface area contributed by atoms with Gasteiger partial charge < -0.3 is 20.7 Å². The van der Waals surface area contributed by atoms with Crippen LogP contribution in [0.1, 0.15) is 19.3 Å². The molecule has 1 atom stereocenters. The van der Waals surface area contributed by atoms with E-state index in [1.165, 1.54) is 0 Å². The zero-order valence-electron chi connectivity index (χ0n) is 11.3. The van der Waals surface area contributed by atoms with Crippen LogP contribution in [0, 0.1) is 0 Å². The second kappa shape index (κ2) is 6.43. The number of rotatable bonds is 3. The molecule has 3 N–H and O–H groups in total. The van der Waals surface area contributed by atoms with Crippen LogP contribution in [0.3, 0.4) is 0 Å². The van der Waals surface area contributed by atoms with Crippen LogP contribution >= 0.6 is 0 Å². The quantitative estimate of drug-likeness (QED) is 0.877. The topological polar surface area (TPSA) is 67.6 Å². The Morgan fingerprint density at radius 1 is 1.53 bits per heavy atom. The molecule has 1 unspecified atom stereocenters. The van der Waals surface area contributed by atoms with Gasteiger partial charge in [0.25, 0.3) is 0 Å². The molecule has 1 aromatic rings. The molecular formula is C14H21N3O2. The van der Waals surface area contributed by atoms with Gasteiger partial charge in [-0.2, -0.15) is 0 Å². The third-order valence-corrected chi connectivity index (χ3v) is 3.48. The maximum atomic E-state index is 12.3. The smallest absolute Gasteiger partial charge is 0.322 e. The van der Waals surface area contributed by atoms with Gasteiger partial charge in [-0.25, -0.2) is 4.79 Å². The number of methoxy groups -OCH3 is 1. The molecule has 0 aromatic heterocycles. The molecule has 2 rings (SSSR count). The summed E-state index contributed by atoms with van der Waals surface area (Å²) in [5, 5.41) is 2.90. The van der Waals surface area contributed by atoms with E-state index in [1.54, 1.807) is 13.2 Å². The van der Waals surface area contributed by atoms with Crippen molar-refractivity contribution in [2.75, 3.05) is 25.5 Å². The molecule has 0 bridgehead atoms. The Bertz CT molecular complexity index is 436. The second-order valence-electron chi connectivity index (χ2n) is 4.74. The Morgan fingerprint density at radius 3 is 3.11 bits per heavy atom. The highest BCUT2D eigenvalue weighted by atomic mass is 16.5. The fourth-order valence-electron chi connectivity index (χ4n) is 2.41. The van der Waals surface area contributed by atoms with Crippen molar-refractivity contribution < 1.29 is 9.53 Å². The summed E-state index contributed by atoms with van der Waals surface area (Å²) < 4.78 is 5.14. The Morgan fingerprint density at radius 2 is 2.37 bits per heavy atom. The number of nitrogens with one attached hydrogen (secondary N) is 1. The highest BCUT2D eigenvalue weighted by molar-refractivity contribution is 5.89. The second-order valence-corrected chi connectivity index (χ2v) is 4.74. The fraction of sp³-hybridized carbons (Fsp3) is 0.500. The van der Waals surface area contributed by atoms with E-state index in [1.807, 2.05) is 23.1 Å². The van der Waals surface area contributed by atoms with E-state index in [9.17, 15) is 4.79 Å². The largest absolute Gasteiger partial charge is 0.497 e. The Hall–Kier alpha value is -1.75. The van der Waals surface area contributed by atoms with Gasteiger partial charge in [-0.1, -0.05) is 6.07 Å². The molecule has 1 saturated heterocycles. The number of carbonyl (C=O) groups excluding carboxylic acids is 1.